The number of hydrazone groups is 1. The average Bonchev–Trinajstić information content (AvgIpc) is 3.47. The van der Waals surface area contributed by atoms with Gasteiger partial charge in [-0.3, -0.25) is 19.4 Å². The second kappa shape index (κ2) is 6.53. The van der Waals surface area contributed by atoms with Crippen LogP contribution in [0.25, 0.3) is 0 Å². The summed E-state index contributed by atoms with van der Waals surface area (Å²) < 4.78 is 10.7. The number of allylic oxidation sites excluding steroid dienone is 1. The van der Waals surface area contributed by atoms with Crippen molar-refractivity contribution in [3.8, 4) is 11.5 Å². The van der Waals surface area contributed by atoms with E-state index in [1.54, 1.807) is 59.8 Å². The van der Waals surface area contributed by atoms with Gasteiger partial charge in [0, 0.05) is 17.8 Å². The lowest BCUT2D eigenvalue weighted by molar-refractivity contribution is -0.123. The fraction of sp³-hybridized carbons (Fsp3) is 0.217. The number of benzene rings is 2. The van der Waals surface area contributed by atoms with E-state index >= 15 is 0 Å². The molecule has 4 aliphatic rings. The van der Waals surface area contributed by atoms with E-state index in [1.807, 2.05) is 12.1 Å². The molecule has 4 aliphatic heterocycles. The molecule has 0 unspecified atom stereocenters. The highest BCUT2D eigenvalue weighted by molar-refractivity contribution is 6.24. The van der Waals surface area contributed by atoms with Gasteiger partial charge in [-0.1, -0.05) is 36.4 Å². The summed E-state index contributed by atoms with van der Waals surface area (Å²) in [7, 11) is 0. The van der Waals surface area contributed by atoms with Crippen molar-refractivity contribution in [2.24, 2.45) is 16.9 Å². The summed E-state index contributed by atoms with van der Waals surface area (Å²) >= 11 is 0. The van der Waals surface area contributed by atoms with Gasteiger partial charge in [-0.15, -0.1) is 0 Å². The average molecular weight is 415 g/mol. The molecule has 0 bridgehead atoms. The number of rotatable bonds is 3. The van der Waals surface area contributed by atoms with Gasteiger partial charge >= 0.3 is 0 Å². The van der Waals surface area contributed by atoms with Crippen molar-refractivity contribution in [2.45, 2.75) is 12.1 Å². The monoisotopic (exact) mass is 415 g/mol. The molecule has 2 fully saturated rings. The molecule has 6 rings (SSSR count). The van der Waals surface area contributed by atoms with Crippen molar-refractivity contribution in [2.75, 3.05) is 11.7 Å². The van der Waals surface area contributed by atoms with Gasteiger partial charge in [-0.2, -0.15) is 5.10 Å². The lowest BCUT2D eigenvalue weighted by atomic mass is 9.86. The number of ether oxygens (including phenoxy) is 2. The maximum Gasteiger partial charge on any atom is 0.240 e. The topological polar surface area (TPSA) is 88.5 Å². The van der Waals surface area contributed by atoms with E-state index in [-0.39, 0.29) is 18.5 Å². The number of Topliss-reactive ketones (excluding diaryl/α,β-unsaturated/α-hetero) is 1. The maximum absolute atomic E-state index is 13.6. The summed E-state index contributed by atoms with van der Waals surface area (Å²) in [4.78, 5) is 41.6. The first-order chi connectivity index (χ1) is 15.1. The van der Waals surface area contributed by atoms with E-state index in [2.05, 4.69) is 5.10 Å². The smallest absolute Gasteiger partial charge is 0.240 e. The molecule has 2 aromatic carbocycles. The maximum atomic E-state index is 13.6. The number of carbonyl (C=O) groups excluding carboxylic acids is 3. The van der Waals surface area contributed by atoms with Crippen molar-refractivity contribution in [1.29, 1.82) is 0 Å². The van der Waals surface area contributed by atoms with Crippen LogP contribution in [-0.4, -0.2) is 47.7 Å². The van der Waals surface area contributed by atoms with E-state index in [1.165, 1.54) is 4.90 Å². The molecule has 0 aromatic heterocycles. The van der Waals surface area contributed by atoms with Gasteiger partial charge in [0.2, 0.25) is 18.6 Å². The third-order valence-electron chi connectivity index (χ3n) is 6.23. The Kier molecular flexibility index (Phi) is 3.77. The van der Waals surface area contributed by atoms with Crippen LogP contribution >= 0.6 is 0 Å². The third-order valence-corrected chi connectivity index (χ3v) is 6.23. The molecule has 2 aromatic rings. The molecular formula is C23H17N3O5. The zero-order valence-electron chi connectivity index (χ0n) is 16.3. The molecule has 0 radical (unpaired) electrons. The van der Waals surface area contributed by atoms with Gasteiger partial charge in [0.15, 0.2) is 17.3 Å². The third kappa shape index (κ3) is 2.48. The van der Waals surface area contributed by atoms with Gasteiger partial charge in [0.1, 0.15) is 6.04 Å². The Balaban J connectivity index is 1.42. The molecule has 31 heavy (non-hydrogen) atoms. The molecule has 8 nitrogen and oxygen atoms in total. The molecule has 0 N–H and O–H groups in total. The molecular weight excluding hydrogens is 398 g/mol. The van der Waals surface area contributed by atoms with Crippen LogP contribution in [0, 0.1) is 11.8 Å². The van der Waals surface area contributed by atoms with Crippen molar-refractivity contribution >= 4 is 29.5 Å². The summed E-state index contributed by atoms with van der Waals surface area (Å²) in [6, 6.07) is 12.5. The minimum absolute atomic E-state index is 0.0966. The number of amides is 2. The standard InChI is InChI=1S/C23H17N3O5/c27-21(13-5-2-1-3-6-13)20-19-18(15-7-4-10-24-26(15)20)22(28)25(23(19)29)14-8-9-16-17(11-14)31-12-30-16/h1-11,15,18-20H,12H2/t15-,18-,19+,20+/m1/s1. The largest absolute Gasteiger partial charge is 0.454 e. The molecule has 0 spiro atoms. The van der Waals surface area contributed by atoms with Crippen LogP contribution in [-0.2, 0) is 9.59 Å². The number of anilines is 1. The first-order valence-electron chi connectivity index (χ1n) is 10.0. The molecule has 8 heteroatoms. The molecule has 0 saturated carbocycles. The van der Waals surface area contributed by atoms with E-state index < -0.39 is 29.8 Å². The van der Waals surface area contributed by atoms with Gasteiger partial charge in [-0.05, 0) is 18.2 Å². The Hall–Kier alpha value is -3.94. The van der Waals surface area contributed by atoms with E-state index in [4.69, 9.17) is 9.47 Å². The molecule has 4 atom stereocenters. The summed E-state index contributed by atoms with van der Waals surface area (Å²) in [5, 5.41) is 5.97. The zero-order chi connectivity index (χ0) is 21.1. The van der Waals surface area contributed by atoms with Gasteiger partial charge in [0.25, 0.3) is 0 Å². The Morgan fingerprint density at radius 3 is 2.58 bits per heavy atom. The van der Waals surface area contributed by atoms with E-state index in [9.17, 15) is 14.4 Å². The SMILES string of the molecule is O=C(c1ccccc1)[C@@H]1[C@H]2C(=O)N(c3ccc4c(c3)OCO4)C(=O)[C@@H]2[C@H]2C=CC=NN21. The minimum atomic E-state index is -0.853. The molecule has 2 amide bonds. The number of nitrogens with zero attached hydrogens (tertiary/aromatic N) is 3. The van der Waals surface area contributed by atoms with Crippen LogP contribution in [0.15, 0.2) is 65.8 Å². The highest BCUT2D eigenvalue weighted by Crippen LogP contribution is 2.47. The first kappa shape index (κ1) is 17.9. The minimum Gasteiger partial charge on any atom is -0.454 e. The van der Waals surface area contributed by atoms with Gasteiger partial charge < -0.3 is 9.47 Å². The van der Waals surface area contributed by atoms with E-state index in [0.29, 0.717) is 22.7 Å². The van der Waals surface area contributed by atoms with Crippen molar-refractivity contribution in [1.82, 2.24) is 5.01 Å². The number of carbonyl (C=O) groups is 3. The lowest BCUT2D eigenvalue weighted by Gasteiger charge is -2.30. The Bertz CT molecular complexity index is 1170. The van der Waals surface area contributed by atoms with Crippen molar-refractivity contribution < 1.29 is 23.9 Å². The predicted octanol–water partition coefficient (Wildman–Crippen LogP) is 2.01. The number of hydrogen-bond donors (Lipinski definition) is 0. The summed E-state index contributed by atoms with van der Waals surface area (Å²) in [5.41, 5.74) is 0.896. The number of ketones is 1. The van der Waals surface area contributed by atoms with Gasteiger partial charge in [0.05, 0.1) is 23.6 Å². The normalized spacial score (nSPS) is 27.6. The van der Waals surface area contributed by atoms with Crippen LogP contribution in [0.5, 0.6) is 11.5 Å². The molecule has 4 heterocycles. The summed E-state index contributed by atoms with van der Waals surface area (Å²) in [6.07, 6.45) is 5.15. The van der Waals surface area contributed by atoms with Crippen LogP contribution in [0.4, 0.5) is 5.69 Å². The lowest BCUT2D eigenvalue weighted by Crippen LogP contribution is -2.46. The summed E-state index contributed by atoms with van der Waals surface area (Å²) in [5.74, 6) is -1.43. The fourth-order valence-electron chi connectivity index (χ4n) is 4.89. The van der Waals surface area contributed by atoms with Crippen molar-refractivity contribution in [3.05, 3.63) is 66.2 Å². The molecule has 0 aliphatic carbocycles. The van der Waals surface area contributed by atoms with Crippen molar-refractivity contribution in [3.63, 3.8) is 0 Å². The van der Waals surface area contributed by atoms with E-state index in [0.717, 1.165) is 0 Å². The van der Waals surface area contributed by atoms with Gasteiger partial charge in [-0.25, -0.2) is 4.90 Å². The molecule has 154 valence electrons. The zero-order valence-corrected chi connectivity index (χ0v) is 16.3. The molecule has 2 saturated heterocycles. The predicted molar refractivity (Wildman–Crippen MR) is 110 cm³/mol. The van der Waals surface area contributed by atoms with Crippen LogP contribution in [0.1, 0.15) is 10.4 Å². The quantitative estimate of drug-likeness (QED) is 0.563. The second-order valence-electron chi connectivity index (χ2n) is 7.80. The summed E-state index contributed by atoms with van der Waals surface area (Å²) in [6.45, 7) is 0.0966. The number of fused-ring (bicyclic) bond motifs is 4. The highest BCUT2D eigenvalue weighted by Gasteiger charge is 2.64. The number of imide groups is 1. The Labute approximate surface area is 177 Å². The number of hydrogen-bond acceptors (Lipinski definition) is 7. The van der Waals surface area contributed by atoms with Crippen LogP contribution < -0.4 is 14.4 Å². The van der Waals surface area contributed by atoms with Crippen LogP contribution in [0.2, 0.25) is 0 Å². The second-order valence-corrected chi connectivity index (χ2v) is 7.80. The highest BCUT2D eigenvalue weighted by atomic mass is 16.7. The van der Waals surface area contributed by atoms with Crippen LogP contribution in [0.3, 0.4) is 0 Å². The fourth-order valence-corrected chi connectivity index (χ4v) is 4.89. The first-order valence-corrected chi connectivity index (χ1v) is 10.0. The Morgan fingerprint density at radius 2 is 1.74 bits per heavy atom. The Morgan fingerprint density at radius 1 is 0.968 bits per heavy atom.